The minimum absolute atomic E-state index is 0.770. The van der Waals surface area contributed by atoms with E-state index in [1.807, 2.05) is 24.3 Å². The van der Waals surface area contributed by atoms with E-state index in [1.165, 1.54) is 5.56 Å². The summed E-state index contributed by atoms with van der Waals surface area (Å²) in [7, 11) is 3.36. The first-order chi connectivity index (χ1) is 13.1. The SMILES string of the molecule is COC1=CC(c2ccc3cc(OC)ccc3c2)=N/C1=C\c1[nH]c(C)cc1C. The summed E-state index contributed by atoms with van der Waals surface area (Å²) in [5.41, 5.74) is 6.17. The molecule has 0 atom stereocenters. The van der Waals surface area contributed by atoms with Crippen LogP contribution < -0.4 is 4.74 Å². The van der Waals surface area contributed by atoms with E-state index in [1.54, 1.807) is 14.2 Å². The van der Waals surface area contributed by atoms with Crippen molar-refractivity contribution in [3.05, 3.63) is 82.5 Å². The maximum Gasteiger partial charge on any atom is 0.146 e. The topological polar surface area (TPSA) is 46.6 Å². The maximum absolute atomic E-state index is 5.56. The molecule has 0 saturated heterocycles. The molecule has 0 radical (unpaired) electrons. The smallest absolute Gasteiger partial charge is 0.146 e. The minimum atomic E-state index is 0.770. The lowest BCUT2D eigenvalue weighted by molar-refractivity contribution is 0.303. The van der Waals surface area contributed by atoms with Gasteiger partial charge in [0, 0.05) is 23.0 Å². The summed E-state index contributed by atoms with van der Waals surface area (Å²) in [6.07, 6.45) is 4.03. The molecule has 1 aromatic heterocycles. The quantitative estimate of drug-likeness (QED) is 0.699. The third-order valence-corrected chi connectivity index (χ3v) is 4.80. The Labute approximate surface area is 158 Å². The molecule has 27 heavy (non-hydrogen) atoms. The predicted octanol–water partition coefficient (Wildman–Crippen LogP) is 5.17. The molecule has 2 heterocycles. The van der Waals surface area contributed by atoms with Gasteiger partial charge in [-0.05, 0) is 60.5 Å². The van der Waals surface area contributed by atoms with Crippen molar-refractivity contribution in [3.63, 3.8) is 0 Å². The van der Waals surface area contributed by atoms with Crippen molar-refractivity contribution in [1.29, 1.82) is 0 Å². The Hall–Kier alpha value is -3.27. The Morgan fingerprint density at radius 3 is 2.41 bits per heavy atom. The van der Waals surface area contributed by atoms with E-state index in [4.69, 9.17) is 14.5 Å². The van der Waals surface area contributed by atoms with Crippen molar-refractivity contribution >= 4 is 22.6 Å². The molecule has 0 saturated carbocycles. The van der Waals surface area contributed by atoms with Crippen molar-refractivity contribution < 1.29 is 9.47 Å². The second-order valence-corrected chi connectivity index (χ2v) is 6.72. The lowest BCUT2D eigenvalue weighted by Crippen LogP contribution is -1.94. The van der Waals surface area contributed by atoms with Gasteiger partial charge in [0.2, 0.25) is 0 Å². The number of hydrogen-bond donors (Lipinski definition) is 1. The lowest BCUT2D eigenvalue weighted by Gasteiger charge is -2.04. The normalized spacial score (nSPS) is 15.2. The molecule has 4 rings (SSSR count). The highest BCUT2D eigenvalue weighted by Gasteiger charge is 2.17. The van der Waals surface area contributed by atoms with Gasteiger partial charge >= 0.3 is 0 Å². The number of aromatic amines is 1. The average molecular weight is 358 g/mol. The molecule has 1 aliphatic heterocycles. The van der Waals surface area contributed by atoms with Crippen LogP contribution in [0.4, 0.5) is 0 Å². The van der Waals surface area contributed by atoms with Crippen LogP contribution in [-0.4, -0.2) is 24.9 Å². The number of nitrogens with one attached hydrogen (secondary N) is 1. The van der Waals surface area contributed by atoms with Gasteiger partial charge in [-0.15, -0.1) is 0 Å². The summed E-state index contributed by atoms with van der Waals surface area (Å²) in [6.45, 7) is 4.14. The Bertz CT molecular complexity index is 1120. The fourth-order valence-corrected chi connectivity index (χ4v) is 3.38. The predicted molar refractivity (Wildman–Crippen MR) is 110 cm³/mol. The molecule has 3 aromatic rings. The third kappa shape index (κ3) is 3.26. The monoisotopic (exact) mass is 358 g/mol. The summed E-state index contributed by atoms with van der Waals surface area (Å²) in [5, 5.41) is 2.29. The fourth-order valence-electron chi connectivity index (χ4n) is 3.38. The highest BCUT2D eigenvalue weighted by molar-refractivity contribution is 6.13. The van der Waals surface area contributed by atoms with Crippen LogP contribution in [0, 0.1) is 13.8 Å². The third-order valence-electron chi connectivity index (χ3n) is 4.80. The number of H-pyrrole nitrogens is 1. The number of benzene rings is 2. The number of aromatic nitrogens is 1. The highest BCUT2D eigenvalue weighted by Crippen LogP contribution is 2.28. The number of aliphatic imine (C=N–C) groups is 1. The fraction of sp³-hybridized carbons (Fsp3) is 0.174. The number of hydrogen-bond acceptors (Lipinski definition) is 3. The first-order valence-corrected chi connectivity index (χ1v) is 8.88. The van der Waals surface area contributed by atoms with Gasteiger partial charge < -0.3 is 14.5 Å². The number of nitrogens with zero attached hydrogens (tertiary/aromatic N) is 1. The summed E-state index contributed by atoms with van der Waals surface area (Å²) >= 11 is 0. The number of allylic oxidation sites excluding steroid dienone is 1. The molecular formula is C23H22N2O2. The first kappa shape index (κ1) is 17.2. The van der Waals surface area contributed by atoms with Crippen LogP contribution in [-0.2, 0) is 4.74 Å². The van der Waals surface area contributed by atoms with E-state index in [9.17, 15) is 0 Å². The van der Waals surface area contributed by atoms with Crippen LogP contribution >= 0.6 is 0 Å². The van der Waals surface area contributed by atoms with Crippen molar-refractivity contribution in [2.75, 3.05) is 14.2 Å². The molecule has 1 aliphatic rings. The lowest BCUT2D eigenvalue weighted by atomic mass is 10.0. The van der Waals surface area contributed by atoms with Crippen LogP contribution in [0.3, 0.4) is 0 Å². The van der Waals surface area contributed by atoms with Gasteiger partial charge in [0.05, 0.1) is 19.9 Å². The maximum atomic E-state index is 5.56. The van der Waals surface area contributed by atoms with E-state index in [0.29, 0.717) is 0 Å². The number of ether oxygens (including phenoxy) is 2. The molecule has 1 N–H and O–H groups in total. The van der Waals surface area contributed by atoms with Crippen molar-refractivity contribution in [3.8, 4) is 5.75 Å². The Balaban J connectivity index is 1.74. The Kier molecular flexibility index (Phi) is 4.32. The molecule has 0 spiro atoms. The molecule has 0 fully saturated rings. The largest absolute Gasteiger partial charge is 0.497 e. The van der Waals surface area contributed by atoms with Crippen LogP contribution in [0.2, 0.25) is 0 Å². The van der Waals surface area contributed by atoms with E-state index >= 15 is 0 Å². The van der Waals surface area contributed by atoms with Gasteiger partial charge in [0.25, 0.3) is 0 Å². The standard InChI is InChI=1S/C23H22N2O2/c1-14-9-15(2)24-20(14)12-22-23(27-4)13-21(25-22)18-6-5-17-11-19(26-3)8-7-16(17)10-18/h5-13,24H,1-4H3/b22-12-. The zero-order valence-corrected chi connectivity index (χ0v) is 16.0. The molecule has 4 heteroatoms. The molecule has 0 unspecified atom stereocenters. The van der Waals surface area contributed by atoms with Crippen LogP contribution in [0.25, 0.3) is 16.8 Å². The summed E-state index contributed by atoms with van der Waals surface area (Å²) in [5.74, 6) is 1.63. The second-order valence-electron chi connectivity index (χ2n) is 6.72. The molecule has 4 nitrogen and oxygen atoms in total. The van der Waals surface area contributed by atoms with Gasteiger partial charge in [0.1, 0.15) is 17.2 Å². The van der Waals surface area contributed by atoms with Gasteiger partial charge in [-0.1, -0.05) is 18.2 Å². The van der Waals surface area contributed by atoms with Gasteiger partial charge in [0.15, 0.2) is 0 Å². The molecule has 0 aliphatic carbocycles. The van der Waals surface area contributed by atoms with Crippen LogP contribution in [0.1, 0.15) is 22.5 Å². The molecule has 0 amide bonds. The molecular weight excluding hydrogens is 336 g/mol. The Morgan fingerprint density at radius 2 is 1.70 bits per heavy atom. The average Bonchev–Trinajstić information content (AvgIpc) is 3.23. The van der Waals surface area contributed by atoms with Crippen LogP contribution in [0.15, 0.2) is 65.0 Å². The summed E-state index contributed by atoms with van der Waals surface area (Å²) in [4.78, 5) is 8.18. The van der Waals surface area contributed by atoms with Gasteiger partial charge in [-0.2, -0.15) is 0 Å². The number of aryl methyl sites for hydroxylation is 2. The molecule has 2 aromatic carbocycles. The Morgan fingerprint density at radius 1 is 0.926 bits per heavy atom. The van der Waals surface area contributed by atoms with E-state index in [-0.39, 0.29) is 0 Å². The van der Waals surface area contributed by atoms with Crippen molar-refractivity contribution in [2.24, 2.45) is 4.99 Å². The number of rotatable bonds is 4. The first-order valence-electron chi connectivity index (χ1n) is 8.88. The highest BCUT2D eigenvalue weighted by atomic mass is 16.5. The summed E-state index contributed by atoms with van der Waals surface area (Å²) < 4.78 is 10.9. The molecule has 0 bridgehead atoms. The van der Waals surface area contributed by atoms with Gasteiger partial charge in [-0.3, -0.25) is 0 Å². The second kappa shape index (κ2) is 6.80. The van der Waals surface area contributed by atoms with E-state index in [2.05, 4.69) is 49.2 Å². The number of fused-ring (bicyclic) bond motifs is 1. The van der Waals surface area contributed by atoms with E-state index in [0.717, 1.165) is 50.6 Å². The van der Waals surface area contributed by atoms with Gasteiger partial charge in [-0.25, -0.2) is 4.99 Å². The zero-order valence-electron chi connectivity index (χ0n) is 16.0. The van der Waals surface area contributed by atoms with Crippen molar-refractivity contribution in [1.82, 2.24) is 4.98 Å². The van der Waals surface area contributed by atoms with E-state index < -0.39 is 0 Å². The van der Waals surface area contributed by atoms with Crippen LogP contribution in [0.5, 0.6) is 5.75 Å². The zero-order chi connectivity index (χ0) is 19.0. The summed E-state index contributed by atoms with van der Waals surface area (Å²) in [6, 6.07) is 14.5. The number of methoxy groups -OCH3 is 2. The molecule has 136 valence electrons. The minimum Gasteiger partial charge on any atom is -0.497 e. The van der Waals surface area contributed by atoms with Crippen molar-refractivity contribution in [2.45, 2.75) is 13.8 Å².